The van der Waals surface area contributed by atoms with Crippen molar-refractivity contribution in [2.45, 2.75) is 25.0 Å². The molecular weight excluding hydrogens is 480 g/mol. The third kappa shape index (κ3) is 5.22. The van der Waals surface area contributed by atoms with Crippen LogP contribution < -0.4 is 4.90 Å². The van der Waals surface area contributed by atoms with Crippen LogP contribution in [0.25, 0.3) is 0 Å². The number of rotatable bonds is 6. The Morgan fingerprint density at radius 2 is 1.83 bits per heavy atom. The van der Waals surface area contributed by atoms with Crippen molar-refractivity contribution in [3.8, 4) is 0 Å². The highest BCUT2D eigenvalue weighted by molar-refractivity contribution is 6.30. The number of likely N-dealkylation sites (tertiary alicyclic amines) is 1. The molecule has 0 spiro atoms. The summed E-state index contributed by atoms with van der Waals surface area (Å²) in [5.74, 6) is -0.403. The van der Waals surface area contributed by atoms with Gasteiger partial charge >= 0.3 is 5.97 Å². The number of ether oxygens (including phenoxy) is 1. The summed E-state index contributed by atoms with van der Waals surface area (Å²) >= 11 is 6.22. The lowest BCUT2D eigenvalue weighted by Crippen LogP contribution is -2.53. The molecule has 2 aliphatic rings. The van der Waals surface area contributed by atoms with Crippen molar-refractivity contribution in [1.29, 1.82) is 0 Å². The van der Waals surface area contributed by atoms with E-state index in [9.17, 15) is 9.59 Å². The predicted molar refractivity (Wildman–Crippen MR) is 136 cm³/mol. The second-order valence-electron chi connectivity index (χ2n) is 9.19. The molecule has 2 aliphatic heterocycles. The number of carbonyl (C=O) groups is 2. The number of esters is 1. The molecule has 0 N–H and O–H groups in total. The molecule has 5 rings (SSSR count). The number of anilines is 1. The first kappa shape index (κ1) is 24.3. The number of carbonyl (C=O) groups excluding carboxylic acids is 2. The molecule has 0 unspecified atom stereocenters. The van der Waals surface area contributed by atoms with Gasteiger partial charge in [-0.15, -0.1) is 5.10 Å². The van der Waals surface area contributed by atoms with Gasteiger partial charge in [-0.1, -0.05) is 47.1 Å². The van der Waals surface area contributed by atoms with Crippen LogP contribution in [0.3, 0.4) is 0 Å². The minimum atomic E-state index is -0.529. The van der Waals surface area contributed by atoms with Crippen LogP contribution in [0.2, 0.25) is 5.02 Å². The van der Waals surface area contributed by atoms with Crippen LogP contribution in [0.4, 0.5) is 5.69 Å². The first-order valence-electron chi connectivity index (χ1n) is 12.1. The van der Waals surface area contributed by atoms with Gasteiger partial charge in [-0.2, -0.15) is 0 Å². The number of hydrogen-bond donors (Lipinski definition) is 0. The van der Waals surface area contributed by atoms with Gasteiger partial charge in [-0.3, -0.25) is 9.69 Å². The van der Waals surface area contributed by atoms with Crippen LogP contribution in [0.5, 0.6) is 0 Å². The molecule has 10 heteroatoms. The maximum atomic E-state index is 13.8. The van der Waals surface area contributed by atoms with E-state index in [1.165, 1.54) is 12.8 Å². The minimum Gasteiger partial charge on any atom is -0.464 e. The van der Waals surface area contributed by atoms with Crippen molar-refractivity contribution in [3.05, 3.63) is 77.1 Å². The predicted octanol–water partition coefficient (Wildman–Crippen LogP) is 2.88. The lowest BCUT2D eigenvalue weighted by atomic mass is 10.1. The van der Waals surface area contributed by atoms with E-state index in [4.69, 9.17) is 16.3 Å². The van der Waals surface area contributed by atoms with Crippen LogP contribution in [-0.4, -0.2) is 82.5 Å². The number of halogens is 1. The normalized spacial score (nSPS) is 20.5. The maximum Gasteiger partial charge on any atom is 0.360 e. The van der Waals surface area contributed by atoms with Gasteiger partial charge in [0.2, 0.25) is 5.91 Å². The van der Waals surface area contributed by atoms with Gasteiger partial charge in [0.1, 0.15) is 0 Å². The van der Waals surface area contributed by atoms with Crippen molar-refractivity contribution in [2.75, 3.05) is 44.7 Å². The Labute approximate surface area is 215 Å². The number of hydrogen-bond acceptors (Lipinski definition) is 7. The second kappa shape index (κ2) is 10.7. The van der Waals surface area contributed by atoms with Crippen LogP contribution in [0.1, 0.15) is 28.5 Å². The van der Waals surface area contributed by atoms with E-state index in [0.717, 1.165) is 18.7 Å². The zero-order chi connectivity index (χ0) is 25.1. The van der Waals surface area contributed by atoms with Gasteiger partial charge in [0.15, 0.2) is 5.69 Å². The van der Waals surface area contributed by atoms with Crippen molar-refractivity contribution in [2.24, 2.45) is 0 Å². The molecule has 1 amide bonds. The van der Waals surface area contributed by atoms with Crippen molar-refractivity contribution in [3.63, 3.8) is 0 Å². The van der Waals surface area contributed by atoms with E-state index in [-0.39, 0.29) is 23.7 Å². The van der Waals surface area contributed by atoms with E-state index in [1.807, 2.05) is 47.4 Å². The summed E-state index contributed by atoms with van der Waals surface area (Å²) in [6.07, 6.45) is 2.18. The van der Waals surface area contributed by atoms with Crippen LogP contribution in [0, 0.1) is 0 Å². The largest absolute Gasteiger partial charge is 0.464 e. The van der Waals surface area contributed by atoms with E-state index >= 15 is 0 Å². The minimum absolute atomic E-state index is 0.0883. The lowest BCUT2D eigenvalue weighted by Gasteiger charge is -2.38. The molecule has 2 fully saturated rings. The van der Waals surface area contributed by atoms with Gasteiger partial charge in [0, 0.05) is 50.0 Å². The fourth-order valence-electron chi connectivity index (χ4n) is 5.06. The SMILES string of the molecule is COC(=O)c1cn([C@@H]2C[C@@H](C(=O)N3CCN(c4ccccc4)CC3)N(Cc3cccc(Cl)c3)C2)nn1. The monoisotopic (exact) mass is 508 g/mol. The second-order valence-corrected chi connectivity index (χ2v) is 9.62. The fraction of sp³-hybridized carbons (Fsp3) is 0.385. The molecule has 3 aromatic rings. The summed E-state index contributed by atoms with van der Waals surface area (Å²) in [5, 5.41) is 8.78. The number of aromatic nitrogens is 3. The molecule has 0 radical (unpaired) electrons. The van der Waals surface area contributed by atoms with Gasteiger partial charge in [0.05, 0.1) is 25.4 Å². The van der Waals surface area contributed by atoms with Crippen molar-refractivity contribution < 1.29 is 14.3 Å². The Bertz CT molecular complexity index is 1210. The highest BCUT2D eigenvalue weighted by Crippen LogP contribution is 2.31. The average Bonchev–Trinajstić information content (AvgIpc) is 3.56. The summed E-state index contributed by atoms with van der Waals surface area (Å²) in [6, 6.07) is 17.6. The summed E-state index contributed by atoms with van der Waals surface area (Å²) in [5.41, 5.74) is 2.38. The zero-order valence-corrected chi connectivity index (χ0v) is 20.9. The summed E-state index contributed by atoms with van der Waals surface area (Å²) in [6.45, 7) is 4.15. The summed E-state index contributed by atoms with van der Waals surface area (Å²) in [7, 11) is 1.32. The topological polar surface area (TPSA) is 83.8 Å². The molecule has 36 heavy (non-hydrogen) atoms. The third-order valence-electron chi connectivity index (χ3n) is 6.93. The molecular formula is C26H29ClN6O3. The van der Waals surface area contributed by atoms with Crippen molar-refractivity contribution >= 4 is 29.2 Å². The van der Waals surface area contributed by atoms with Crippen molar-refractivity contribution in [1.82, 2.24) is 24.8 Å². The first-order chi connectivity index (χ1) is 17.5. The Kier molecular flexibility index (Phi) is 7.20. The average molecular weight is 509 g/mol. The number of benzene rings is 2. The molecule has 0 aliphatic carbocycles. The van der Waals surface area contributed by atoms with Crippen LogP contribution >= 0.6 is 11.6 Å². The number of para-hydroxylation sites is 1. The highest BCUT2D eigenvalue weighted by Gasteiger charge is 2.40. The number of nitrogens with zero attached hydrogens (tertiary/aromatic N) is 6. The molecule has 2 atom stereocenters. The molecule has 188 valence electrons. The Hall–Kier alpha value is -3.43. The van der Waals surface area contributed by atoms with E-state index in [1.54, 1.807) is 10.9 Å². The number of piperazine rings is 1. The third-order valence-corrected chi connectivity index (χ3v) is 7.17. The number of methoxy groups -OCH3 is 1. The van der Waals surface area contributed by atoms with E-state index < -0.39 is 5.97 Å². The first-order valence-corrected chi connectivity index (χ1v) is 12.5. The molecule has 0 bridgehead atoms. The molecule has 0 saturated carbocycles. The highest BCUT2D eigenvalue weighted by atomic mass is 35.5. The Balaban J connectivity index is 1.31. The Morgan fingerprint density at radius 3 is 2.56 bits per heavy atom. The number of amides is 1. The fourth-order valence-corrected chi connectivity index (χ4v) is 5.27. The lowest BCUT2D eigenvalue weighted by molar-refractivity contribution is -0.136. The van der Waals surface area contributed by atoms with E-state index in [2.05, 4.69) is 32.2 Å². The maximum absolute atomic E-state index is 13.8. The Morgan fingerprint density at radius 1 is 1.06 bits per heavy atom. The van der Waals surface area contributed by atoms with Gasteiger partial charge in [-0.05, 0) is 36.2 Å². The van der Waals surface area contributed by atoms with Crippen LogP contribution in [0.15, 0.2) is 60.8 Å². The zero-order valence-electron chi connectivity index (χ0n) is 20.2. The standard InChI is InChI=1S/C26H29ClN6O3/c1-36-26(35)23-18-33(29-28-23)22-15-24(32(17-22)16-19-6-5-7-20(27)14-19)25(34)31-12-10-30(11-13-31)21-8-3-2-4-9-21/h2-9,14,18,22,24H,10-13,15-17H2,1H3/t22-,24+/m1/s1. The molecule has 9 nitrogen and oxygen atoms in total. The smallest absolute Gasteiger partial charge is 0.360 e. The molecule has 3 heterocycles. The van der Waals surface area contributed by atoms with E-state index in [0.29, 0.717) is 37.6 Å². The van der Waals surface area contributed by atoms with Gasteiger partial charge in [-0.25, -0.2) is 9.48 Å². The van der Waals surface area contributed by atoms with Crippen LogP contribution in [-0.2, 0) is 16.1 Å². The molecule has 1 aromatic heterocycles. The molecule has 2 aromatic carbocycles. The quantitative estimate of drug-likeness (QED) is 0.473. The summed E-state index contributed by atoms with van der Waals surface area (Å²) < 4.78 is 6.44. The molecule has 2 saturated heterocycles. The van der Waals surface area contributed by atoms with Gasteiger partial charge < -0.3 is 14.5 Å². The van der Waals surface area contributed by atoms with Gasteiger partial charge in [0.25, 0.3) is 0 Å². The summed E-state index contributed by atoms with van der Waals surface area (Å²) in [4.78, 5) is 32.1.